The Balaban J connectivity index is 0.00000103. The van der Waals surface area contributed by atoms with Crippen molar-refractivity contribution in [2.45, 2.75) is 19.4 Å². The number of aliphatic hydroxyl groups excluding tert-OH is 1. The Kier molecular flexibility index (Phi) is 9.84. The van der Waals surface area contributed by atoms with Crippen molar-refractivity contribution in [3.63, 3.8) is 0 Å². The maximum Gasteiger partial charge on any atom is 0.255 e. The molecule has 7 N–H and O–H groups in total. The maximum atomic E-state index is 12.9. The molecule has 0 aliphatic rings. The number of carbonyl (C=O) groups is 1. The first-order valence-electron chi connectivity index (χ1n) is 9.09. The van der Waals surface area contributed by atoms with Crippen LogP contribution in [0.15, 0.2) is 42.6 Å². The number of pyridine rings is 1. The number of nitrogens with zero attached hydrogens (tertiary/aromatic N) is 2. The number of hydrogen-bond donors (Lipinski definition) is 5. The van der Waals surface area contributed by atoms with E-state index < -0.39 is 11.9 Å². The average Bonchev–Trinajstić information content (AvgIpc) is 2.73. The molecule has 1 atom stereocenters. The lowest BCUT2D eigenvalue weighted by Crippen LogP contribution is -2.32. The SMILES string of the molecule is Cc1ccc(N)c(C(=O)N(C)CCC(N)/C=C(\O)c2ccc(F)cn2)c1.N=CC=N. The molecule has 1 heterocycles. The molecule has 0 fully saturated rings. The fourth-order valence-corrected chi connectivity index (χ4v) is 2.40. The zero-order chi connectivity index (χ0) is 22.7. The molecule has 0 aliphatic carbocycles. The van der Waals surface area contributed by atoms with E-state index in [0.29, 0.717) is 24.2 Å². The van der Waals surface area contributed by atoms with Gasteiger partial charge in [-0.3, -0.25) is 4.79 Å². The van der Waals surface area contributed by atoms with Gasteiger partial charge in [0.15, 0.2) is 0 Å². The summed E-state index contributed by atoms with van der Waals surface area (Å²) in [7, 11) is 1.67. The number of aliphatic hydroxyl groups is 1. The van der Waals surface area contributed by atoms with Crippen LogP contribution in [0.4, 0.5) is 10.1 Å². The molecule has 160 valence electrons. The Morgan fingerprint density at radius 2 is 1.97 bits per heavy atom. The number of halogens is 1. The molecule has 2 rings (SSSR count). The van der Waals surface area contributed by atoms with E-state index in [1.807, 2.05) is 13.0 Å². The Morgan fingerprint density at radius 1 is 1.30 bits per heavy atom. The monoisotopic (exact) mass is 414 g/mol. The van der Waals surface area contributed by atoms with Crippen LogP contribution in [0.3, 0.4) is 0 Å². The van der Waals surface area contributed by atoms with Crippen molar-refractivity contribution in [3.05, 3.63) is 65.2 Å². The van der Waals surface area contributed by atoms with Crippen LogP contribution in [0.2, 0.25) is 0 Å². The van der Waals surface area contributed by atoms with Crippen molar-refractivity contribution in [2.75, 3.05) is 19.3 Å². The van der Waals surface area contributed by atoms with E-state index in [-0.39, 0.29) is 17.4 Å². The van der Waals surface area contributed by atoms with Gasteiger partial charge >= 0.3 is 0 Å². The third kappa shape index (κ3) is 7.80. The molecular formula is C21H27FN6O2. The van der Waals surface area contributed by atoms with E-state index in [1.54, 1.807) is 19.2 Å². The number of anilines is 1. The average molecular weight is 414 g/mol. The third-order valence-electron chi connectivity index (χ3n) is 4.03. The van der Waals surface area contributed by atoms with Crippen molar-refractivity contribution in [1.29, 1.82) is 10.8 Å². The molecule has 0 spiro atoms. The Labute approximate surface area is 175 Å². The summed E-state index contributed by atoms with van der Waals surface area (Å²) < 4.78 is 12.9. The summed E-state index contributed by atoms with van der Waals surface area (Å²) in [5.41, 5.74) is 13.9. The van der Waals surface area contributed by atoms with E-state index in [0.717, 1.165) is 24.2 Å². The van der Waals surface area contributed by atoms with Crippen LogP contribution < -0.4 is 11.5 Å². The molecule has 0 bridgehead atoms. The number of rotatable bonds is 7. The van der Waals surface area contributed by atoms with Gasteiger partial charge in [-0.25, -0.2) is 9.37 Å². The van der Waals surface area contributed by atoms with E-state index in [2.05, 4.69) is 4.98 Å². The highest BCUT2D eigenvalue weighted by Crippen LogP contribution is 2.16. The van der Waals surface area contributed by atoms with Crippen LogP contribution in [-0.2, 0) is 0 Å². The predicted octanol–water partition coefficient (Wildman–Crippen LogP) is 2.79. The van der Waals surface area contributed by atoms with Gasteiger partial charge in [-0.15, -0.1) is 0 Å². The van der Waals surface area contributed by atoms with Crippen molar-refractivity contribution in [3.8, 4) is 0 Å². The number of nitrogen functional groups attached to an aromatic ring is 1. The summed E-state index contributed by atoms with van der Waals surface area (Å²) in [5.74, 6) is -0.803. The summed E-state index contributed by atoms with van der Waals surface area (Å²) >= 11 is 0. The Hall–Kier alpha value is -3.59. The second-order valence-corrected chi connectivity index (χ2v) is 6.52. The number of aryl methyl sites for hydroxylation is 1. The number of nitrogens with two attached hydrogens (primary N) is 2. The molecule has 30 heavy (non-hydrogen) atoms. The van der Waals surface area contributed by atoms with Crippen LogP contribution in [0.25, 0.3) is 5.76 Å². The van der Waals surface area contributed by atoms with Gasteiger partial charge in [0.1, 0.15) is 17.3 Å². The summed E-state index contributed by atoms with van der Waals surface area (Å²) in [5, 5.41) is 22.2. The molecule has 0 radical (unpaired) electrons. The van der Waals surface area contributed by atoms with Gasteiger partial charge < -0.3 is 32.3 Å². The Morgan fingerprint density at radius 3 is 2.53 bits per heavy atom. The minimum absolute atomic E-state index is 0.130. The van der Waals surface area contributed by atoms with Gasteiger partial charge in [-0.1, -0.05) is 11.6 Å². The molecule has 9 heteroatoms. The fourth-order valence-electron chi connectivity index (χ4n) is 2.40. The second-order valence-electron chi connectivity index (χ2n) is 6.52. The lowest BCUT2D eigenvalue weighted by atomic mass is 10.1. The molecule has 8 nitrogen and oxygen atoms in total. The normalized spacial score (nSPS) is 11.7. The number of amides is 1. The molecule has 2 aromatic rings. The Bertz CT molecular complexity index is 893. The minimum atomic E-state index is -0.494. The highest BCUT2D eigenvalue weighted by Gasteiger charge is 2.16. The summed E-state index contributed by atoms with van der Waals surface area (Å²) in [6.45, 7) is 2.27. The standard InChI is InChI=1S/C19H23FN4O2.C2H4N2/c1-12-3-5-16(22)15(9-12)19(26)24(2)8-7-14(21)10-18(25)17-6-4-13(20)11-23-17;3-1-2-4/h3-6,9-11,14,25H,7-8,21-22H2,1-2H3;1-4H/b18-10-;. The third-order valence-corrected chi connectivity index (χ3v) is 4.03. The van der Waals surface area contributed by atoms with Gasteiger partial charge in [-0.05, 0) is 43.7 Å². The van der Waals surface area contributed by atoms with E-state index >= 15 is 0 Å². The van der Waals surface area contributed by atoms with Crippen LogP contribution in [-0.4, -0.2) is 53.0 Å². The van der Waals surface area contributed by atoms with Gasteiger partial charge in [0, 0.05) is 37.8 Å². The molecule has 1 aromatic heterocycles. The van der Waals surface area contributed by atoms with Gasteiger partial charge in [0.2, 0.25) is 0 Å². The number of hydrogen-bond acceptors (Lipinski definition) is 7. The highest BCUT2D eigenvalue weighted by molar-refractivity contribution is 6.12. The summed E-state index contributed by atoms with van der Waals surface area (Å²) in [4.78, 5) is 17.8. The fraction of sp³-hybridized carbons (Fsp3) is 0.238. The largest absolute Gasteiger partial charge is 0.506 e. The van der Waals surface area contributed by atoms with Crippen molar-refractivity contribution >= 4 is 29.8 Å². The molecule has 1 unspecified atom stereocenters. The number of nitrogens with one attached hydrogen (secondary N) is 2. The molecule has 0 saturated heterocycles. The van der Waals surface area contributed by atoms with Crippen LogP contribution in [0.1, 0.15) is 28.0 Å². The predicted molar refractivity (Wildman–Crippen MR) is 118 cm³/mol. The topological polar surface area (TPSA) is 153 Å². The van der Waals surface area contributed by atoms with Gasteiger partial charge in [0.05, 0.1) is 11.8 Å². The number of benzene rings is 1. The first-order chi connectivity index (χ1) is 14.2. The zero-order valence-electron chi connectivity index (χ0n) is 17.0. The van der Waals surface area contributed by atoms with Crippen molar-refractivity contribution in [2.24, 2.45) is 5.73 Å². The van der Waals surface area contributed by atoms with Crippen LogP contribution in [0.5, 0.6) is 0 Å². The van der Waals surface area contributed by atoms with Crippen LogP contribution in [0, 0.1) is 23.6 Å². The number of aromatic nitrogens is 1. The van der Waals surface area contributed by atoms with E-state index in [4.69, 9.17) is 22.3 Å². The first-order valence-corrected chi connectivity index (χ1v) is 9.09. The maximum absolute atomic E-state index is 12.9. The van der Waals surface area contributed by atoms with Gasteiger partial charge in [0.25, 0.3) is 5.91 Å². The molecular weight excluding hydrogens is 387 g/mol. The first kappa shape index (κ1) is 24.4. The number of carbonyl (C=O) groups excluding carboxylic acids is 1. The second kappa shape index (κ2) is 12.1. The quantitative estimate of drug-likeness (QED) is 0.268. The molecule has 1 aromatic carbocycles. The molecule has 1 amide bonds. The van der Waals surface area contributed by atoms with E-state index in [9.17, 15) is 14.3 Å². The van der Waals surface area contributed by atoms with E-state index in [1.165, 1.54) is 23.1 Å². The highest BCUT2D eigenvalue weighted by atomic mass is 19.1. The van der Waals surface area contributed by atoms with Crippen molar-refractivity contribution in [1.82, 2.24) is 9.88 Å². The van der Waals surface area contributed by atoms with Gasteiger partial charge in [-0.2, -0.15) is 0 Å². The smallest absolute Gasteiger partial charge is 0.255 e. The van der Waals surface area contributed by atoms with Crippen molar-refractivity contribution < 1.29 is 14.3 Å². The van der Waals surface area contributed by atoms with Crippen LogP contribution >= 0.6 is 0 Å². The summed E-state index contributed by atoms with van der Waals surface area (Å²) in [6, 6.07) is 7.38. The lowest BCUT2D eigenvalue weighted by Gasteiger charge is -2.20. The lowest BCUT2D eigenvalue weighted by molar-refractivity contribution is 0.0793. The summed E-state index contributed by atoms with van der Waals surface area (Å²) in [6.07, 6.45) is 4.71. The molecule has 0 aliphatic heterocycles. The zero-order valence-corrected chi connectivity index (χ0v) is 17.0. The molecule has 0 saturated carbocycles. The minimum Gasteiger partial charge on any atom is -0.506 e.